The van der Waals surface area contributed by atoms with E-state index in [0.717, 1.165) is 28.9 Å². The molecule has 2 nitrogen and oxygen atoms in total. The van der Waals surface area contributed by atoms with Gasteiger partial charge in [-0.2, -0.15) is 0 Å². The number of aryl methyl sites for hydroxylation is 1. The molecule has 0 bridgehead atoms. The Balaban J connectivity index is 1.87. The second-order valence-corrected chi connectivity index (χ2v) is 5.72. The SMILES string of the molecule is Cc1ccc(CC(O)c2cc(Cl)cc3c2OCC3)cc1. The van der Waals surface area contributed by atoms with E-state index in [2.05, 4.69) is 19.1 Å². The van der Waals surface area contributed by atoms with Gasteiger partial charge >= 0.3 is 0 Å². The molecule has 0 fully saturated rings. The Labute approximate surface area is 124 Å². The minimum Gasteiger partial charge on any atom is -0.493 e. The maximum atomic E-state index is 10.5. The number of hydrogen-bond acceptors (Lipinski definition) is 2. The van der Waals surface area contributed by atoms with Crippen LogP contribution in [-0.4, -0.2) is 11.7 Å². The van der Waals surface area contributed by atoms with Gasteiger partial charge in [0.1, 0.15) is 5.75 Å². The van der Waals surface area contributed by atoms with Gasteiger partial charge in [0.2, 0.25) is 0 Å². The first-order chi connectivity index (χ1) is 9.63. The summed E-state index contributed by atoms with van der Waals surface area (Å²) in [6.07, 6.45) is 0.833. The maximum absolute atomic E-state index is 10.5. The third-order valence-electron chi connectivity index (χ3n) is 3.69. The first kappa shape index (κ1) is 13.5. The zero-order valence-corrected chi connectivity index (χ0v) is 12.2. The summed E-state index contributed by atoms with van der Waals surface area (Å²) < 4.78 is 5.64. The average Bonchev–Trinajstić information content (AvgIpc) is 2.88. The number of halogens is 1. The molecule has 1 atom stereocenters. The van der Waals surface area contributed by atoms with Gasteiger partial charge in [0.25, 0.3) is 0 Å². The average molecular weight is 289 g/mol. The van der Waals surface area contributed by atoms with Crippen molar-refractivity contribution in [2.75, 3.05) is 6.61 Å². The van der Waals surface area contributed by atoms with Crippen LogP contribution in [0.3, 0.4) is 0 Å². The topological polar surface area (TPSA) is 29.5 Å². The quantitative estimate of drug-likeness (QED) is 0.929. The summed E-state index contributed by atoms with van der Waals surface area (Å²) >= 11 is 6.13. The minimum atomic E-state index is -0.594. The lowest BCUT2D eigenvalue weighted by molar-refractivity contribution is 0.173. The molecule has 1 unspecified atom stereocenters. The van der Waals surface area contributed by atoms with Crippen LogP contribution in [0.25, 0.3) is 0 Å². The van der Waals surface area contributed by atoms with Crippen LogP contribution in [0.5, 0.6) is 5.75 Å². The number of ether oxygens (including phenoxy) is 1. The molecule has 0 saturated heterocycles. The van der Waals surface area contributed by atoms with Gasteiger partial charge in [-0.15, -0.1) is 0 Å². The zero-order valence-electron chi connectivity index (χ0n) is 11.4. The molecule has 0 amide bonds. The van der Waals surface area contributed by atoms with E-state index in [1.165, 1.54) is 5.56 Å². The van der Waals surface area contributed by atoms with E-state index in [4.69, 9.17) is 16.3 Å². The summed E-state index contributed by atoms with van der Waals surface area (Å²) in [6.45, 7) is 2.72. The van der Waals surface area contributed by atoms with Crippen molar-refractivity contribution in [1.29, 1.82) is 0 Å². The number of hydrogen-bond donors (Lipinski definition) is 1. The Bertz CT molecular complexity index is 620. The number of benzene rings is 2. The molecule has 0 saturated carbocycles. The number of aliphatic hydroxyl groups is 1. The van der Waals surface area contributed by atoms with Crippen LogP contribution in [0.15, 0.2) is 36.4 Å². The van der Waals surface area contributed by atoms with E-state index in [-0.39, 0.29) is 0 Å². The normalized spacial score (nSPS) is 14.8. The highest BCUT2D eigenvalue weighted by atomic mass is 35.5. The molecule has 1 heterocycles. The molecule has 3 rings (SSSR count). The molecular weight excluding hydrogens is 272 g/mol. The molecule has 3 heteroatoms. The van der Waals surface area contributed by atoms with Crippen molar-refractivity contribution in [3.05, 3.63) is 63.7 Å². The third-order valence-corrected chi connectivity index (χ3v) is 3.90. The molecule has 2 aromatic rings. The standard InChI is InChI=1S/C17H17ClO2/c1-11-2-4-12(5-3-11)8-16(19)15-10-14(18)9-13-6-7-20-17(13)15/h2-5,9-10,16,19H,6-8H2,1H3. The molecule has 2 aromatic carbocycles. The largest absolute Gasteiger partial charge is 0.493 e. The van der Waals surface area contributed by atoms with Crippen LogP contribution >= 0.6 is 11.6 Å². The second kappa shape index (κ2) is 5.47. The molecule has 0 radical (unpaired) electrons. The molecule has 104 valence electrons. The smallest absolute Gasteiger partial charge is 0.128 e. The highest BCUT2D eigenvalue weighted by Gasteiger charge is 2.22. The van der Waals surface area contributed by atoms with E-state index in [1.807, 2.05) is 24.3 Å². The van der Waals surface area contributed by atoms with E-state index in [0.29, 0.717) is 18.1 Å². The minimum absolute atomic E-state index is 0.566. The molecule has 1 aliphatic heterocycles. The zero-order chi connectivity index (χ0) is 14.1. The van der Waals surface area contributed by atoms with Crippen molar-refractivity contribution in [1.82, 2.24) is 0 Å². The van der Waals surface area contributed by atoms with Crippen LogP contribution in [0.1, 0.15) is 28.4 Å². The second-order valence-electron chi connectivity index (χ2n) is 5.29. The van der Waals surface area contributed by atoms with Gasteiger partial charge in [-0.25, -0.2) is 0 Å². The van der Waals surface area contributed by atoms with E-state index < -0.39 is 6.10 Å². The molecule has 0 aromatic heterocycles. The van der Waals surface area contributed by atoms with Crippen LogP contribution in [0.2, 0.25) is 5.02 Å². The number of aliphatic hydroxyl groups excluding tert-OH is 1. The van der Waals surface area contributed by atoms with E-state index in [9.17, 15) is 5.11 Å². The Morgan fingerprint density at radius 3 is 2.75 bits per heavy atom. The fourth-order valence-electron chi connectivity index (χ4n) is 2.60. The molecule has 0 aliphatic carbocycles. The lowest BCUT2D eigenvalue weighted by Gasteiger charge is -2.15. The van der Waals surface area contributed by atoms with Crippen molar-refractivity contribution in [3.63, 3.8) is 0 Å². The predicted octanol–water partition coefficient (Wildman–Crippen LogP) is 3.86. The van der Waals surface area contributed by atoms with Crippen molar-refractivity contribution < 1.29 is 9.84 Å². The first-order valence-electron chi connectivity index (χ1n) is 6.82. The van der Waals surface area contributed by atoms with Crippen LogP contribution in [-0.2, 0) is 12.8 Å². The highest BCUT2D eigenvalue weighted by molar-refractivity contribution is 6.30. The summed E-state index contributed by atoms with van der Waals surface area (Å²) in [7, 11) is 0. The molecule has 1 aliphatic rings. The Morgan fingerprint density at radius 1 is 1.25 bits per heavy atom. The van der Waals surface area contributed by atoms with Crippen LogP contribution < -0.4 is 4.74 Å². The summed E-state index contributed by atoms with van der Waals surface area (Å²) in [6, 6.07) is 11.9. The lowest BCUT2D eigenvalue weighted by atomic mass is 9.98. The lowest BCUT2D eigenvalue weighted by Crippen LogP contribution is -2.04. The molecule has 1 N–H and O–H groups in total. The van der Waals surface area contributed by atoms with Gasteiger partial charge in [0, 0.05) is 23.4 Å². The highest BCUT2D eigenvalue weighted by Crippen LogP contribution is 2.37. The van der Waals surface area contributed by atoms with Gasteiger partial charge in [-0.05, 0) is 30.2 Å². The monoisotopic (exact) mass is 288 g/mol. The summed E-state index contributed by atoms with van der Waals surface area (Å²) in [5.41, 5.74) is 4.21. The van der Waals surface area contributed by atoms with Crippen molar-refractivity contribution >= 4 is 11.6 Å². The van der Waals surface area contributed by atoms with Crippen molar-refractivity contribution in [2.45, 2.75) is 25.9 Å². The Kier molecular flexibility index (Phi) is 3.68. The van der Waals surface area contributed by atoms with E-state index in [1.54, 1.807) is 0 Å². The molecule has 20 heavy (non-hydrogen) atoms. The van der Waals surface area contributed by atoms with Gasteiger partial charge < -0.3 is 9.84 Å². The van der Waals surface area contributed by atoms with E-state index >= 15 is 0 Å². The van der Waals surface area contributed by atoms with Gasteiger partial charge in [-0.3, -0.25) is 0 Å². The number of fused-ring (bicyclic) bond motifs is 1. The van der Waals surface area contributed by atoms with Gasteiger partial charge in [0.05, 0.1) is 12.7 Å². The predicted molar refractivity (Wildman–Crippen MR) is 80.5 cm³/mol. The summed E-state index contributed by atoms with van der Waals surface area (Å²) in [4.78, 5) is 0. The van der Waals surface area contributed by atoms with Gasteiger partial charge in [0.15, 0.2) is 0 Å². The van der Waals surface area contributed by atoms with Crippen molar-refractivity contribution in [2.24, 2.45) is 0 Å². The number of rotatable bonds is 3. The maximum Gasteiger partial charge on any atom is 0.128 e. The molecular formula is C17H17ClO2. The molecule has 0 spiro atoms. The Hall–Kier alpha value is -1.51. The third kappa shape index (κ3) is 2.67. The summed E-state index contributed by atoms with van der Waals surface area (Å²) in [5.74, 6) is 0.814. The van der Waals surface area contributed by atoms with Gasteiger partial charge in [-0.1, -0.05) is 41.4 Å². The van der Waals surface area contributed by atoms with Crippen LogP contribution in [0.4, 0.5) is 0 Å². The van der Waals surface area contributed by atoms with Crippen LogP contribution in [0, 0.1) is 6.92 Å². The Morgan fingerprint density at radius 2 is 2.00 bits per heavy atom. The van der Waals surface area contributed by atoms with Crippen molar-refractivity contribution in [3.8, 4) is 5.75 Å². The summed E-state index contributed by atoms with van der Waals surface area (Å²) in [5, 5.41) is 11.2. The fourth-order valence-corrected chi connectivity index (χ4v) is 2.85. The first-order valence-corrected chi connectivity index (χ1v) is 7.20. The fraction of sp³-hybridized carbons (Fsp3) is 0.294.